The van der Waals surface area contributed by atoms with Gasteiger partial charge in [-0.15, -0.1) is 0 Å². The molecular weight excluding hydrogens is 455 g/mol. The summed E-state index contributed by atoms with van der Waals surface area (Å²) in [5.74, 6) is 0.312. The maximum Gasteiger partial charge on any atom is 0.422 e. The van der Waals surface area contributed by atoms with Crippen LogP contribution in [-0.2, 0) is 0 Å². The second-order valence-electron chi connectivity index (χ2n) is 8.95. The van der Waals surface area contributed by atoms with Crippen LogP contribution in [0.1, 0.15) is 51.0 Å². The number of fused-ring (bicyclic) bond motifs is 3. The number of hydrogen-bond donors (Lipinski definition) is 1. The Labute approximate surface area is 192 Å². The molecule has 0 spiro atoms. The van der Waals surface area contributed by atoms with E-state index in [9.17, 15) is 18.0 Å². The van der Waals surface area contributed by atoms with Crippen molar-refractivity contribution < 1.29 is 22.7 Å². The maximum absolute atomic E-state index is 12.8. The number of carbonyl (C=O) groups is 1. The van der Waals surface area contributed by atoms with Crippen LogP contribution in [0.25, 0.3) is 5.65 Å². The standard InChI is InChI=1S/C20H24F3N9O2/c1-11(2)15-7-25-32-16(15)28-18(34-8-20(21,22)23)29-17(32)27-12-5-13-3-4-14(6-12)31(13)19(33)30-10-24-9-26-30/h7,9-14H,3-6,8H2,1-2H3,(H,27,28,29). The van der Waals surface area contributed by atoms with Gasteiger partial charge in [-0.2, -0.15) is 42.5 Å². The lowest BCUT2D eigenvalue weighted by atomic mass is 9.98. The van der Waals surface area contributed by atoms with Crippen molar-refractivity contribution in [3.63, 3.8) is 0 Å². The first-order valence-electron chi connectivity index (χ1n) is 11.1. The van der Waals surface area contributed by atoms with Crippen LogP contribution in [0.3, 0.4) is 0 Å². The molecule has 2 fully saturated rings. The van der Waals surface area contributed by atoms with Crippen molar-refractivity contribution >= 4 is 17.6 Å². The molecule has 0 aromatic carbocycles. The number of aromatic nitrogens is 7. The molecule has 11 nitrogen and oxygen atoms in total. The molecule has 2 aliphatic rings. The molecule has 182 valence electrons. The van der Waals surface area contributed by atoms with Gasteiger partial charge in [-0.1, -0.05) is 13.8 Å². The van der Waals surface area contributed by atoms with Crippen molar-refractivity contribution in [1.82, 2.24) is 39.2 Å². The number of alkyl halides is 3. The van der Waals surface area contributed by atoms with E-state index in [2.05, 4.69) is 30.5 Å². The van der Waals surface area contributed by atoms with Crippen LogP contribution >= 0.6 is 0 Å². The van der Waals surface area contributed by atoms with Crippen LogP contribution in [0.2, 0.25) is 0 Å². The first kappa shape index (κ1) is 22.3. The van der Waals surface area contributed by atoms with Crippen molar-refractivity contribution in [1.29, 1.82) is 0 Å². The van der Waals surface area contributed by atoms with Gasteiger partial charge in [0.05, 0.1) is 6.20 Å². The van der Waals surface area contributed by atoms with Crippen LogP contribution < -0.4 is 10.1 Å². The second-order valence-corrected chi connectivity index (χ2v) is 8.95. The minimum absolute atomic E-state index is 0.00933. The fraction of sp³-hybridized carbons (Fsp3) is 0.600. The summed E-state index contributed by atoms with van der Waals surface area (Å²) in [4.78, 5) is 26.9. The molecule has 34 heavy (non-hydrogen) atoms. The van der Waals surface area contributed by atoms with Crippen LogP contribution in [0.5, 0.6) is 6.01 Å². The van der Waals surface area contributed by atoms with Gasteiger partial charge in [0, 0.05) is 23.7 Å². The summed E-state index contributed by atoms with van der Waals surface area (Å²) in [5, 5.41) is 11.6. The summed E-state index contributed by atoms with van der Waals surface area (Å²) in [6.07, 6.45) is 2.87. The van der Waals surface area contributed by atoms with E-state index < -0.39 is 12.8 Å². The molecular formula is C20H24F3N9O2. The van der Waals surface area contributed by atoms with E-state index in [1.165, 1.54) is 21.9 Å². The highest BCUT2D eigenvalue weighted by Gasteiger charge is 2.44. The van der Waals surface area contributed by atoms with Crippen LogP contribution in [-0.4, -0.2) is 76.2 Å². The fourth-order valence-electron chi connectivity index (χ4n) is 4.80. The van der Waals surface area contributed by atoms with Gasteiger partial charge in [0.15, 0.2) is 12.3 Å². The van der Waals surface area contributed by atoms with Crippen molar-refractivity contribution in [2.45, 2.75) is 69.8 Å². The van der Waals surface area contributed by atoms with Gasteiger partial charge in [0.1, 0.15) is 12.7 Å². The molecule has 3 aromatic rings. The normalized spacial score (nSPS) is 22.5. The molecule has 14 heteroatoms. The van der Waals surface area contributed by atoms with Gasteiger partial charge in [-0.25, -0.2) is 9.78 Å². The Kier molecular flexibility index (Phi) is 5.52. The molecule has 1 N–H and O–H groups in total. The van der Waals surface area contributed by atoms with Crippen LogP contribution in [0.15, 0.2) is 18.9 Å². The topological polar surface area (TPSA) is 115 Å². The molecule has 5 heterocycles. The predicted octanol–water partition coefficient (Wildman–Crippen LogP) is 2.86. The molecule has 5 rings (SSSR count). The molecule has 2 unspecified atom stereocenters. The average molecular weight is 479 g/mol. The molecule has 0 saturated carbocycles. The highest BCUT2D eigenvalue weighted by molar-refractivity contribution is 5.77. The first-order valence-corrected chi connectivity index (χ1v) is 11.1. The highest BCUT2D eigenvalue weighted by Crippen LogP contribution is 2.37. The molecule has 0 radical (unpaired) electrons. The lowest BCUT2D eigenvalue weighted by molar-refractivity contribution is -0.154. The minimum atomic E-state index is -4.51. The van der Waals surface area contributed by atoms with Crippen LogP contribution in [0.4, 0.5) is 23.9 Å². The molecule has 0 aliphatic carbocycles. The van der Waals surface area contributed by atoms with Gasteiger partial charge < -0.3 is 15.0 Å². The van der Waals surface area contributed by atoms with Gasteiger partial charge in [0.25, 0.3) is 0 Å². The van der Waals surface area contributed by atoms with E-state index in [0.29, 0.717) is 18.5 Å². The zero-order valence-corrected chi connectivity index (χ0v) is 18.6. The van der Waals surface area contributed by atoms with E-state index in [0.717, 1.165) is 18.4 Å². The van der Waals surface area contributed by atoms with Crippen LogP contribution in [0, 0.1) is 0 Å². The number of hydrogen-bond acceptors (Lipinski definition) is 8. The number of ether oxygens (including phenoxy) is 1. The summed E-state index contributed by atoms with van der Waals surface area (Å²) in [5.41, 5.74) is 1.17. The Balaban J connectivity index is 1.39. The Bertz CT molecular complexity index is 1160. The summed E-state index contributed by atoms with van der Waals surface area (Å²) >= 11 is 0. The Hall–Kier alpha value is -3.45. The summed E-state index contributed by atoms with van der Waals surface area (Å²) < 4.78 is 45.7. The predicted molar refractivity (Wildman–Crippen MR) is 113 cm³/mol. The summed E-state index contributed by atoms with van der Waals surface area (Å²) in [6.45, 7) is 2.41. The number of rotatable bonds is 5. The molecule has 2 aliphatic heterocycles. The molecule has 2 bridgehead atoms. The van der Waals surface area contributed by atoms with Crippen molar-refractivity contribution in [2.24, 2.45) is 0 Å². The summed E-state index contributed by atoms with van der Waals surface area (Å²) in [6, 6.07) is -0.608. The number of piperidine rings is 1. The lowest BCUT2D eigenvalue weighted by Crippen LogP contribution is -2.51. The van der Waals surface area contributed by atoms with E-state index in [-0.39, 0.29) is 42.0 Å². The quantitative estimate of drug-likeness (QED) is 0.594. The highest BCUT2D eigenvalue weighted by atomic mass is 19.4. The largest absolute Gasteiger partial charge is 0.454 e. The Morgan fingerprint density at radius 2 is 1.94 bits per heavy atom. The van der Waals surface area contributed by atoms with Gasteiger partial charge in [0.2, 0.25) is 5.95 Å². The Morgan fingerprint density at radius 1 is 1.21 bits per heavy atom. The van der Waals surface area contributed by atoms with Gasteiger partial charge in [-0.05, 0) is 31.6 Å². The van der Waals surface area contributed by atoms with Gasteiger partial charge in [-0.3, -0.25) is 0 Å². The minimum Gasteiger partial charge on any atom is -0.454 e. The monoisotopic (exact) mass is 479 g/mol. The van der Waals surface area contributed by atoms with E-state index in [1.54, 1.807) is 6.20 Å². The van der Waals surface area contributed by atoms with E-state index in [1.807, 2.05) is 18.7 Å². The van der Waals surface area contributed by atoms with Crippen molar-refractivity contribution in [3.05, 3.63) is 24.4 Å². The number of halogens is 3. The number of anilines is 1. The first-order chi connectivity index (χ1) is 16.2. The van der Waals surface area contributed by atoms with Crippen molar-refractivity contribution in [2.75, 3.05) is 11.9 Å². The molecule has 2 atom stereocenters. The molecule has 1 amide bonds. The van der Waals surface area contributed by atoms with E-state index >= 15 is 0 Å². The Morgan fingerprint density at radius 3 is 2.56 bits per heavy atom. The smallest absolute Gasteiger partial charge is 0.422 e. The van der Waals surface area contributed by atoms with Crippen molar-refractivity contribution in [3.8, 4) is 6.01 Å². The number of nitrogens with zero attached hydrogens (tertiary/aromatic N) is 8. The third-order valence-electron chi connectivity index (χ3n) is 6.26. The molecule has 3 aromatic heterocycles. The zero-order chi connectivity index (χ0) is 24.0. The number of nitrogens with one attached hydrogen (secondary N) is 1. The average Bonchev–Trinajstić information content (AvgIpc) is 3.50. The SMILES string of the molecule is CC(C)c1cnn2c(NC3CC4CCC(C3)N4C(=O)n3cncn3)nc(OCC(F)(F)F)nc12. The molecule has 2 saturated heterocycles. The third kappa shape index (κ3) is 4.23. The fourth-order valence-corrected chi connectivity index (χ4v) is 4.80. The lowest BCUT2D eigenvalue weighted by Gasteiger charge is -2.38. The maximum atomic E-state index is 12.8. The second kappa shape index (κ2) is 8.40. The van der Waals surface area contributed by atoms with E-state index in [4.69, 9.17) is 4.74 Å². The number of carbonyl (C=O) groups excluding carboxylic acids is 1. The third-order valence-corrected chi connectivity index (χ3v) is 6.26. The number of amides is 1. The zero-order valence-electron chi connectivity index (χ0n) is 18.6. The summed E-state index contributed by atoms with van der Waals surface area (Å²) in [7, 11) is 0. The van der Waals surface area contributed by atoms with Gasteiger partial charge >= 0.3 is 18.2 Å².